The van der Waals surface area contributed by atoms with Crippen LogP contribution in [0.1, 0.15) is 57.2 Å². The van der Waals surface area contributed by atoms with Crippen LogP contribution in [0, 0.1) is 6.92 Å². The van der Waals surface area contributed by atoms with Crippen molar-refractivity contribution in [2.24, 2.45) is 7.05 Å². The van der Waals surface area contributed by atoms with Crippen LogP contribution < -0.4 is 4.57 Å². The zero-order chi connectivity index (χ0) is 15.8. The van der Waals surface area contributed by atoms with Gasteiger partial charge in [0.05, 0.1) is 0 Å². The van der Waals surface area contributed by atoms with E-state index in [0.717, 1.165) is 0 Å². The molecule has 0 atom stereocenters. The molecule has 0 saturated carbocycles. The first-order valence-electron chi connectivity index (χ1n) is 7.81. The summed E-state index contributed by atoms with van der Waals surface area (Å²) < 4.78 is 2.21. The lowest BCUT2D eigenvalue weighted by atomic mass is 9.85. The van der Waals surface area contributed by atoms with E-state index in [2.05, 4.69) is 89.7 Å². The van der Waals surface area contributed by atoms with Crippen LogP contribution in [0.3, 0.4) is 0 Å². The maximum atomic E-state index is 2.33. The van der Waals surface area contributed by atoms with Gasteiger partial charge >= 0.3 is 0 Å². The second-order valence-corrected chi connectivity index (χ2v) is 7.39. The lowest BCUT2D eigenvalue weighted by molar-refractivity contribution is -0.660. The van der Waals surface area contributed by atoms with Crippen molar-refractivity contribution >= 4 is 0 Å². The Kier molecular flexibility index (Phi) is 4.22. The first-order valence-corrected chi connectivity index (χ1v) is 7.81. The minimum atomic E-state index is 0.200. The number of aryl methyl sites for hydroxylation is 2. The molecule has 0 aliphatic rings. The molecule has 1 aromatic carbocycles. The third-order valence-electron chi connectivity index (χ3n) is 4.21. The number of rotatable bonds is 2. The Hall–Kier alpha value is -1.63. The fourth-order valence-electron chi connectivity index (χ4n) is 2.63. The summed E-state index contributed by atoms with van der Waals surface area (Å²) in [4.78, 5) is 0. The van der Waals surface area contributed by atoms with Crippen LogP contribution in [0.2, 0.25) is 0 Å². The van der Waals surface area contributed by atoms with E-state index in [4.69, 9.17) is 0 Å². The number of nitrogens with zero attached hydrogens (tertiary/aromatic N) is 1. The molecule has 0 radical (unpaired) electrons. The van der Waals surface area contributed by atoms with Crippen molar-refractivity contribution in [1.29, 1.82) is 0 Å². The first-order chi connectivity index (χ1) is 9.70. The molecule has 0 spiro atoms. The number of hydrogen-bond donors (Lipinski definition) is 0. The van der Waals surface area contributed by atoms with Crippen LogP contribution in [0.25, 0.3) is 11.3 Å². The average Bonchev–Trinajstić information content (AvgIpc) is 2.38. The lowest BCUT2D eigenvalue weighted by Gasteiger charge is -2.20. The lowest BCUT2D eigenvalue weighted by Crippen LogP contribution is -2.31. The molecule has 0 aliphatic heterocycles. The smallest absolute Gasteiger partial charge is 0.201 e. The van der Waals surface area contributed by atoms with Crippen molar-refractivity contribution in [2.75, 3.05) is 0 Å². The number of hydrogen-bond acceptors (Lipinski definition) is 0. The molecule has 1 aromatic heterocycles. The highest BCUT2D eigenvalue weighted by Gasteiger charge is 2.18. The minimum Gasteiger partial charge on any atom is -0.201 e. The zero-order valence-electron chi connectivity index (χ0n) is 14.5. The SMILES string of the molecule is Cc1cc(C(C)(C)C)ccc1-c1cc(C(C)C)cc[n+]1C. The molecule has 0 bridgehead atoms. The van der Waals surface area contributed by atoms with Gasteiger partial charge in [-0.25, -0.2) is 4.57 Å². The van der Waals surface area contributed by atoms with Crippen molar-refractivity contribution in [3.8, 4) is 11.3 Å². The van der Waals surface area contributed by atoms with Gasteiger partial charge in [-0.05, 0) is 41.0 Å². The summed E-state index contributed by atoms with van der Waals surface area (Å²) in [6, 6.07) is 11.4. The van der Waals surface area contributed by atoms with E-state index in [1.165, 1.54) is 27.9 Å². The van der Waals surface area contributed by atoms with Gasteiger partial charge in [0.1, 0.15) is 7.05 Å². The molecule has 0 N–H and O–H groups in total. The van der Waals surface area contributed by atoms with Crippen molar-refractivity contribution < 1.29 is 4.57 Å². The van der Waals surface area contributed by atoms with Crippen LogP contribution in [0.5, 0.6) is 0 Å². The monoisotopic (exact) mass is 282 g/mol. The fraction of sp³-hybridized carbons (Fsp3) is 0.450. The summed E-state index contributed by atoms with van der Waals surface area (Å²) in [5.41, 5.74) is 6.95. The molecule has 2 aromatic rings. The topological polar surface area (TPSA) is 3.88 Å². The fourth-order valence-corrected chi connectivity index (χ4v) is 2.63. The Morgan fingerprint density at radius 2 is 1.67 bits per heavy atom. The van der Waals surface area contributed by atoms with Crippen LogP contribution in [-0.2, 0) is 12.5 Å². The summed E-state index contributed by atoms with van der Waals surface area (Å²) in [6.45, 7) is 13.5. The Bertz CT molecular complexity index is 645. The van der Waals surface area contributed by atoms with E-state index in [-0.39, 0.29) is 5.41 Å². The van der Waals surface area contributed by atoms with Gasteiger partial charge in [0.15, 0.2) is 6.20 Å². The molecule has 112 valence electrons. The van der Waals surface area contributed by atoms with E-state index >= 15 is 0 Å². The van der Waals surface area contributed by atoms with Gasteiger partial charge in [-0.15, -0.1) is 0 Å². The quantitative estimate of drug-likeness (QED) is 0.689. The predicted octanol–water partition coefficient (Wildman–Crippen LogP) is 4.91. The van der Waals surface area contributed by atoms with Crippen molar-refractivity contribution in [3.05, 3.63) is 53.2 Å². The maximum absolute atomic E-state index is 2.33. The van der Waals surface area contributed by atoms with Gasteiger partial charge in [0, 0.05) is 17.7 Å². The van der Waals surface area contributed by atoms with Crippen LogP contribution in [0.4, 0.5) is 0 Å². The highest BCUT2D eigenvalue weighted by atomic mass is 14.9. The largest absolute Gasteiger partial charge is 0.212 e. The Morgan fingerprint density at radius 3 is 2.19 bits per heavy atom. The van der Waals surface area contributed by atoms with Crippen molar-refractivity contribution in [1.82, 2.24) is 0 Å². The Balaban J connectivity index is 2.55. The molecular formula is C20H28N+. The highest BCUT2D eigenvalue weighted by Crippen LogP contribution is 2.29. The second kappa shape index (κ2) is 5.63. The Labute approximate surface area is 129 Å². The van der Waals surface area contributed by atoms with Crippen LogP contribution in [-0.4, -0.2) is 0 Å². The summed E-state index contributed by atoms with van der Waals surface area (Å²) in [5.74, 6) is 0.555. The minimum absolute atomic E-state index is 0.200. The summed E-state index contributed by atoms with van der Waals surface area (Å²) in [6.07, 6.45) is 2.17. The second-order valence-electron chi connectivity index (χ2n) is 7.39. The Morgan fingerprint density at radius 1 is 1.00 bits per heavy atom. The molecule has 0 saturated heterocycles. The van der Waals surface area contributed by atoms with E-state index in [9.17, 15) is 0 Å². The molecule has 1 nitrogen and oxygen atoms in total. The molecule has 1 heterocycles. The van der Waals surface area contributed by atoms with Gasteiger partial charge in [0.2, 0.25) is 5.69 Å². The molecule has 1 heteroatoms. The van der Waals surface area contributed by atoms with E-state index < -0.39 is 0 Å². The van der Waals surface area contributed by atoms with Gasteiger partial charge < -0.3 is 0 Å². The van der Waals surface area contributed by atoms with Crippen molar-refractivity contribution in [2.45, 2.75) is 52.9 Å². The van der Waals surface area contributed by atoms with E-state index in [1.807, 2.05) is 0 Å². The summed E-state index contributed by atoms with van der Waals surface area (Å²) >= 11 is 0. The number of pyridine rings is 1. The average molecular weight is 282 g/mol. The summed E-state index contributed by atoms with van der Waals surface area (Å²) in [7, 11) is 2.12. The summed E-state index contributed by atoms with van der Waals surface area (Å²) in [5, 5.41) is 0. The predicted molar refractivity (Wildman–Crippen MR) is 90.6 cm³/mol. The van der Waals surface area contributed by atoms with Gasteiger partial charge in [0.25, 0.3) is 0 Å². The third kappa shape index (κ3) is 3.34. The van der Waals surface area contributed by atoms with E-state index in [1.54, 1.807) is 0 Å². The van der Waals surface area contributed by atoms with Gasteiger partial charge in [-0.3, -0.25) is 0 Å². The molecule has 21 heavy (non-hydrogen) atoms. The molecular weight excluding hydrogens is 254 g/mol. The number of benzene rings is 1. The molecule has 0 fully saturated rings. The maximum Gasteiger partial charge on any atom is 0.212 e. The van der Waals surface area contributed by atoms with Crippen LogP contribution >= 0.6 is 0 Å². The van der Waals surface area contributed by atoms with E-state index in [0.29, 0.717) is 5.92 Å². The van der Waals surface area contributed by atoms with Gasteiger partial charge in [-0.2, -0.15) is 0 Å². The van der Waals surface area contributed by atoms with Crippen LogP contribution in [0.15, 0.2) is 36.5 Å². The molecule has 0 amide bonds. The zero-order valence-corrected chi connectivity index (χ0v) is 14.5. The normalized spacial score (nSPS) is 12.0. The molecule has 0 unspecified atom stereocenters. The highest BCUT2D eigenvalue weighted by molar-refractivity contribution is 5.62. The molecule has 2 rings (SSSR count). The third-order valence-corrected chi connectivity index (χ3v) is 4.21. The number of aromatic nitrogens is 1. The van der Waals surface area contributed by atoms with Gasteiger partial charge in [-0.1, -0.05) is 46.8 Å². The van der Waals surface area contributed by atoms with Crippen molar-refractivity contribution in [3.63, 3.8) is 0 Å². The molecule has 0 aliphatic carbocycles. The standard InChI is InChI=1S/C20H28N/c1-14(2)16-10-11-21(7)19(13-16)18-9-8-17(12-15(18)3)20(4,5)6/h8-14H,1-7H3/q+1. The first kappa shape index (κ1) is 15.8.